The molecule has 1 aromatic carbocycles. The maximum atomic E-state index is 5.10. The van der Waals surface area contributed by atoms with E-state index < -0.39 is 0 Å². The average Bonchev–Trinajstić information content (AvgIpc) is 2.67. The summed E-state index contributed by atoms with van der Waals surface area (Å²) < 4.78 is 6.41. The molecule has 3 heteroatoms. The molecule has 0 aliphatic carbocycles. The molecule has 2 N–H and O–H groups in total. The van der Waals surface area contributed by atoms with E-state index in [4.69, 9.17) is 4.74 Å². The van der Waals surface area contributed by atoms with Gasteiger partial charge in [-0.2, -0.15) is 0 Å². The fourth-order valence-electron chi connectivity index (χ4n) is 1.07. The lowest BCUT2D eigenvalue weighted by molar-refractivity contribution is 0.415. The topological polar surface area (TPSA) is 35.2 Å². The first kappa shape index (κ1) is 10.0. The molecule has 1 heterocycles. The molecule has 2 nitrogen and oxygen atoms in total. The van der Waals surface area contributed by atoms with Crippen LogP contribution < -0.4 is 10.5 Å². The van der Waals surface area contributed by atoms with Gasteiger partial charge >= 0.3 is 0 Å². The van der Waals surface area contributed by atoms with Crippen LogP contribution in [-0.2, 0) is 0 Å². The molecule has 0 aliphatic heterocycles. The van der Waals surface area contributed by atoms with Gasteiger partial charge < -0.3 is 10.5 Å². The van der Waals surface area contributed by atoms with E-state index >= 15 is 0 Å². The molecule has 0 fully saturated rings. The number of rotatable bonds is 1. The Morgan fingerprint density at radius 1 is 1.23 bits per heavy atom. The van der Waals surface area contributed by atoms with Crippen LogP contribution >= 0.6 is 11.3 Å². The van der Waals surface area contributed by atoms with Crippen molar-refractivity contribution in [3.8, 4) is 5.75 Å². The predicted molar refractivity (Wildman–Crippen MR) is 58.5 cm³/mol. The molecule has 0 spiro atoms. The lowest BCUT2D eigenvalue weighted by Crippen LogP contribution is -1.79. The minimum absolute atomic E-state index is 0.927. The van der Waals surface area contributed by atoms with E-state index in [2.05, 4.69) is 23.2 Å². The van der Waals surface area contributed by atoms with E-state index in [0.717, 1.165) is 5.75 Å². The summed E-state index contributed by atoms with van der Waals surface area (Å²) in [7, 11) is 3.19. The number of fused-ring (bicyclic) bond motifs is 1. The van der Waals surface area contributed by atoms with Crippen LogP contribution in [0.15, 0.2) is 29.6 Å². The molecule has 13 heavy (non-hydrogen) atoms. The summed E-state index contributed by atoms with van der Waals surface area (Å²) in [5.74, 6) is 0.927. The third kappa shape index (κ3) is 2.20. The first-order valence-electron chi connectivity index (χ1n) is 3.99. The zero-order chi connectivity index (χ0) is 9.68. The molecule has 0 saturated heterocycles. The van der Waals surface area contributed by atoms with Crippen LogP contribution in [-0.4, -0.2) is 14.2 Å². The van der Waals surface area contributed by atoms with Gasteiger partial charge in [-0.25, -0.2) is 0 Å². The molecule has 0 aliphatic rings. The van der Waals surface area contributed by atoms with Gasteiger partial charge in [0.05, 0.1) is 7.11 Å². The van der Waals surface area contributed by atoms with E-state index in [1.807, 2.05) is 12.1 Å². The molecule has 70 valence electrons. The van der Waals surface area contributed by atoms with E-state index in [-0.39, 0.29) is 0 Å². The molecular formula is C10H13NOS. The normalized spacial score (nSPS) is 9.15. The fraction of sp³-hybridized carbons (Fsp3) is 0.200. The summed E-state index contributed by atoms with van der Waals surface area (Å²) >= 11 is 1.75. The summed E-state index contributed by atoms with van der Waals surface area (Å²) in [5, 5.41) is 3.35. The summed E-state index contributed by atoms with van der Waals surface area (Å²) in [6, 6.07) is 8.21. The standard InChI is InChI=1S/C9H8OS.CH5N/c1-10-8-2-3-9-7(6-8)4-5-11-9;1-2/h2-6H,1H3;2H2,1H3. The van der Waals surface area contributed by atoms with Crippen molar-refractivity contribution in [2.24, 2.45) is 5.73 Å². The highest BCUT2D eigenvalue weighted by molar-refractivity contribution is 7.17. The summed E-state index contributed by atoms with van der Waals surface area (Å²) in [6.45, 7) is 0. The third-order valence-corrected chi connectivity index (χ3v) is 2.56. The van der Waals surface area contributed by atoms with Crippen molar-refractivity contribution in [2.75, 3.05) is 14.2 Å². The Labute approximate surface area is 81.9 Å². The Morgan fingerprint density at radius 2 is 2.00 bits per heavy atom. The number of benzene rings is 1. The highest BCUT2D eigenvalue weighted by atomic mass is 32.1. The lowest BCUT2D eigenvalue weighted by atomic mass is 10.2. The zero-order valence-electron chi connectivity index (χ0n) is 7.78. The van der Waals surface area contributed by atoms with Crippen LogP contribution in [0, 0.1) is 0 Å². The second-order valence-electron chi connectivity index (χ2n) is 2.32. The Kier molecular flexibility index (Phi) is 3.73. The second kappa shape index (κ2) is 4.84. The molecule has 1 aromatic heterocycles. The zero-order valence-corrected chi connectivity index (χ0v) is 8.60. The highest BCUT2D eigenvalue weighted by Gasteiger charge is 1.95. The number of nitrogens with two attached hydrogens (primary N) is 1. The van der Waals surface area contributed by atoms with Crippen molar-refractivity contribution in [1.29, 1.82) is 0 Å². The van der Waals surface area contributed by atoms with Crippen LogP contribution in [0.4, 0.5) is 0 Å². The molecule has 0 saturated carbocycles. The SMILES string of the molecule is CN.COc1ccc2sccc2c1. The molecule has 0 unspecified atom stereocenters. The molecule has 0 radical (unpaired) electrons. The second-order valence-corrected chi connectivity index (χ2v) is 3.27. The monoisotopic (exact) mass is 195 g/mol. The number of hydrogen-bond acceptors (Lipinski definition) is 3. The number of ether oxygens (including phenoxy) is 1. The number of thiophene rings is 1. The smallest absolute Gasteiger partial charge is 0.119 e. The van der Waals surface area contributed by atoms with Crippen LogP contribution in [0.2, 0.25) is 0 Å². The molecule has 2 rings (SSSR count). The van der Waals surface area contributed by atoms with E-state index in [1.165, 1.54) is 17.1 Å². The maximum Gasteiger partial charge on any atom is 0.119 e. The van der Waals surface area contributed by atoms with Gasteiger partial charge in [0.15, 0.2) is 0 Å². The molecular weight excluding hydrogens is 182 g/mol. The minimum atomic E-state index is 0.927. The molecule has 0 bridgehead atoms. The van der Waals surface area contributed by atoms with Gasteiger partial charge in [-0.3, -0.25) is 0 Å². The first-order valence-corrected chi connectivity index (χ1v) is 4.87. The fourth-order valence-corrected chi connectivity index (χ4v) is 1.84. The van der Waals surface area contributed by atoms with Crippen LogP contribution in [0.25, 0.3) is 10.1 Å². The van der Waals surface area contributed by atoms with Crippen molar-refractivity contribution in [2.45, 2.75) is 0 Å². The van der Waals surface area contributed by atoms with Gasteiger partial charge in [0.25, 0.3) is 0 Å². The predicted octanol–water partition coefficient (Wildman–Crippen LogP) is 2.48. The number of hydrogen-bond donors (Lipinski definition) is 1. The van der Waals surface area contributed by atoms with E-state index in [1.54, 1.807) is 18.4 Å². The number of methoxy groups -OCH3 is 1. The summed E-state index contributed by atoms with van der Waals surface area (Å²) in [5.41, 5.74) is 4.50. The van der Waals surface area contributed by atoms with Crippen molar-refractivity contribution in [3.63, 3.8) is 0 Å². The highest BCUT2D eigenvalue weighted by Crippen LogP contribution is 2.24. The van der Waals surface area contributed by atoms with Gasteiger partial charge in [0.1, 0.15) is 5.75 Å². The van der Waals surface area contributed by atoms with Gasteiger partial charge in [-0.15, -0.1) is 11.3 Å². The Morgan fingerprint density at radius 3 is 2.69 bits per heavy atom. The van der Waals surface area contributed by atoms with Gasteiger partial charge in [0.2, 0.25) is 0 Å². The van der Waals surface area contributed by atoms with Crippen LogP contribution in [0.3, 0.4) is 0 Å². The van der Waals surface area contributed by atoms with Crippen molar-refractivity contribution < 1.29 is 4.74 Å². The first-order chi connectivity index (χ1) is 6.40. The van der Waals surface area contributed by atoms with Crippen LogP contribution in [0.5, 0.6) is 5.75 Å². The van der Waals surface area contributed by atoms with Gasteiger partial charge in [-0.05, 0) is 42.1 Å². The Balaban J connectivity index is 0.000000396. The van der Waals surface area contributed by atoms with Gasteiger partial charge in [-0.1, -0.05) is 0 Å². The van der Waals surface area contributed by atoms with Crippen LogP contribution in [0.1, 0.15) is 0 Å². The quantitative estimate of drug-likeness (QED) is 0.758. The Hall–Kier alpha value is -1.06. The largest absolute Gasteiger partial charge is 0.497 e. The maximum absolute atomic E-state index is 5.10. The lowest BCUT2D eigenvalue weighted by Gasteiger charge is -1.97. The van der Waals surface area contributed by atoms with Gasteiger partial charge in [0, 0.05) is 4.70 Å². The van der Waals surface area contributed by atoms with E-state index in [9.17, 15) is 0 Å². The molecule has 0 atom stereocenters. The van der Waals surface area contributed by atoms with Crippen molar-refractivity contribution in [1.82, 2.24) is 0 Å². The molecule has 0 amide bonds. The van der Waals surface area contributed by atoms with Crippen molar-refractivity contribution >= 4 is 21.4 Å². The molecule has 2 aromatic rings. The summed E-state index contributed by atoms with van der Waals surface area (Å²) in [4.78, 5) is 0. The Bertz CT molecular complexity index is 370. The third-order valence-electron chi connectivity index (χ3n) is 1.66. The van der Waals surface area contributed by atoms with E-state index in [0.29, 0.717) is 0 Å². The average molecular weight is 195 g/mol. The minimum Gasteiger partial charge on any atom is -0.497 e. The van der Waals surface area contributed by atoms with Crippen molar-refractivity contribution in [3.05, 3.63) is 29.6 Å². The summed E-state index contributed by atoms with van der Waals surface area (Å²) in [6.07, 6.45) is 0.